The summed E-state index contributed by atoms with van der Waals surface area (Å²) in [6.45, 7) is 0.141. The van der Waals surface area contributed by atoms with E-state index in [0.717, 1.165) is 6.42 Å². The largest absolute Gasteiger partial charge is 0.341 e. The van der Waals surface area contributed by atoms with Crippen LogP contribution in [0.4, 0.5) is 15.8 Å². The minimum absolute atomic E-state index is 0.00727. The minimum Gasteiger partial charge on any atom is -0.341 e. The third-order valence-electron chi connectivity index (χ3n) is 8.42. The van der Waals surface area contributed by atoms with Gasteiger partial charge in [0.1, 0.15) is 16.5 Å². The van der Waals surface area contributed by atoms with Crippen LogP contribution in [0.5, 0.6) is 0 Å². The lowest BCUT2D eigenvalue weighted by atomic mass is 9.75. The van der Waals surface area contributed by atoms with Crippen molar-refractivity contribution >= 4 is 48.9 Å². The summed E-state index contributed by atoms with van der Waals surface area (Å²) in [6, 6.07) is 9.40. The average Bonchev–Trinajstić information content (AvgIpc) is 3.58. The van der Waals surface area contributed by atoms with Crippen LogP contribution in [0.25, 0.3) is 0 Å². The molecule has 5 atom stereocenters. The normalized spacial score (nSPS) is 30.0. The number of allylic oxidation sites excluding steroid dienone is 1. The van der Waals surface area contributed by atoms with E-state index >= 15 is 0 Å². The highest BCUT2D eigenvalue weighted by Gasteiger charge is 2.59. The molecule has 2 N–H and O–H groups in total. The van der Waals surface area contributed by atoms with E-state index in [4.69, 9.17) is 0 Å². The number of amidine groups is 1. The van der Waals surface area contributed by atoms with Crippen molar-refractivity contribution in [3.8, 4) is 0 Å². The molecular formula is C27H25FN4O6S2. The van der Waals surface area contributed by atoms with Gasteiger partial charge < -0.3 is 10.2 Å². The van der Waals surface area contributed by atoms with Crippen LogP contribution in [-0.2, 0) is 36.2 Å². The van der Waals surface area contributed by atoms with Gasteiger partial charge in [-0.25, -0.2) is 12.8 Å². The molecular weight excluding hydrogens is 559 g/mol. The van der Waals surface area contributed by atoms with Crippen LogP contribution in [0, 0.1) is 29.5 Å². The number of hydrogen-bond acceptors (Lipinski definition) is 7. The van der Waals surface area contributed by atoms with Gasteiger partial charge in [0.15, 0.2) is 11.7 Å². The number of nitrogens with one attached hydrogen (secondary N) is 2. The molecule has 2 saturated carbocycles. The quantitative estimate of drug-likeness (QED) is 0.393. The lowest BCUT2D eigenvalue weighted by Crippen LogP contribution is -2.61. The number of likely N-dealkylation sites (tertiary alicyclic amines) is 1. The van der Waals surface area contributed by atoms with Crippen molar-refractivity contribution < 1.29 is 30.8 Å². The van der Waals surface area contributed by atoms with E-state index in [1.165, 1.54) is 30.3 Å². The summed E-state index contributed by atoms with van der Waals surface area (Å²) in [5, 5.41) is 2.39. The second kappa shape index (κ2) is 8.71. The highest BCUT2D eigenvalue weighted by atomic mass is 32.2. The number of rotatable bonds is 6. The highest BCUT2D eigenvalue weighted by molar-refractivity contribution is 7.93. The van der Waals surface area contributed by atoms with Crippen molar-refractivity contribution in [2.24, 2.45) is 28.1 Å². The Kier molecular flexibility index (Phi) is 5.53. The maximum absolute atomic E-state index is 13.9. The van der Waals surface area contributed by atoms with Crippen molar-refractivity contribution in [3.05, 3.63) is 66.0 Å². The molecule has 208 valence electrons. The van der Waals surface area contributed by atoms with Gasteiger partial charge in [0.2, 0.25) is 15.9 Å². The second-order valence-corrected chi connectivity index (χ2v) is 14.6. The lowest BCUT2D eigenvalue weighted by Gasteiger charge is -2.44. The Morgan fingerprint density at radius 1 is 1.05 bits per heavy atom. The molecule has 2 aliphatic heterocycles. The van der Waals surface area contributed by atoms with Gasteiger partial charge in [0.25, 0.3) is 10.0 Å². The van der Waals surface area contributed by atoms with Crippen LogP contribution in [0.3, 0.4) is 0 Å². The number of anilines is 2. The summed E-state index contributed by atoms with van der Waals surface area (Å²) in [6.07, 6.45) is 5.83. The Bertz CT molecular complexity index is 1730. The highest BCUT2D eigenvalue weighted by Crippen LogP contribution is 2.50. The SMILES string of the molecule is O=C1C(C2=NS(=O)(=O)c3cc(NS(=O)(=O)C4CC4)ccc3N2)C(=O)N(Cc2ccc(F)cc2)C2C3C=CC(C3)C12. The van der Waals surface area contributed by atoms with Gasteiger partial charge >= 0.3 is 0 Å². The molecule has 2 aromatic rings. The maximum atomic E-state index is 13.9. The Labute approximate surface area is 230 Å². The number of benzene rings is 2. The number of amides is 1. The van der Waals surface area contributed by atoms with Gasteiger partial charge in [-0.15, -0.1) is 4.40 Å². The number of Topliss-reactive ketones (excluding diaryl/α,β-unsaturated/α-hetero) is 1. The smallest absolute Gasteiger partial charge is 0.286 e. The van der Waals surface area contributed by atoms with Crippen LogP contribution in [0.2, 0.25) is 0 Å². The number of sulfonamides is 2. The molecule has 3 fully saturated rings. The van der Waals surface area contributed by atoms with Gasteiger partial charge in [0, 0.05) is 24.2 Å². The molecule has 0 radical (unpaired) electrons. The van der Waals surface area contributed by atoms with Crippen molar-refractivity contribution in [3.63, 3.8) is 0 Å². The van der Waals surface area contributed by atoms with Crippen LogP contribution in [0.1, 0.15) is 24.8 Å². The number of carbonyl (C=O) groups is 2. The Morgan fingerprint density at radius 2 is 1.77 bits per heavy atom. The fourth-order valence-corrected chi connectivity index (χ4v) is 9.00. The summed E-state index contributed by atoms with van der Waals surface area (Å²) in [7, 11) is -7.99. The summed E-state index contributed by atoms with van der Waals surface area (Å²) in [5.41, 5.74) is 0.868. The predicted molar refractivity (Wildman–Crippen MR) is 144 cm³/mol. The predicted octanol–water partition coefficient (Wildman–Crippen LogP) is 2.66. The zero-order chi connectivity index (χ0) is 28.0. The topological polar surface area (TPSA) is 142 Å². The molecule has 13 heteroatoms. The van der Waals surface area contributed by atoms with Gasteiger partial charge in [-0.1, -0.05) is 24.3 Å². The Hall–Kier alpha value is -3.58. The molecule has 2 aromatic carbocycles. The van der Waals surface area contributed by atoms with Gasteiger partial charge in [-0.05, 0) is 67.0 Å². The van der Waals surface area contributed by atoms with E-state index in [9.17, 15) is 30.8 Å². The summed E-state index contributed by atoms with van der Waals surface area (Å²) < 4.78 is 71.0. The number of halogens is 1. The Balaban J connectivity index is 1.23. The number of fused-ring (bicyclic) bond motifs is 6. The van der Waals surface area contributed by atoms with Crippen LogP contribution in [0.15, 0.2) is 63.9 Å². The summed E-state index contributed by atoms with van der Waals surface area (Å²) >= 11 is 0. The average molecular weight is 585 g/mol. The fraction of sp³-hybridized carbons (Fsp3) is 0.370. The maximum Gasteiger partial charge on any atom is 0.286 e. The molecule has 2 bridgehead atoms. The number of piperidine rings is 1. The molecule has 40 heavy (non-hydrogen) atoms. The number of nitrogens with zero attached hydrogens (tertiary/aromatic N) is 2. The van der Waals surface area contributed by atoms with E-state index in [2.05, 4.69) is 14.4 Å². The third kappa shape index (κ3) is 4.05. The number of carbonyl (C=O) groups excluding carboxylic acids is 2. The minimum atomic E-state index is -4.37. The van der Waals surface area contributed by atoms with E-state index < -0.39 is 48.9 Å². The van der Waals surface area contributed by atoms with Crippen molar-refractivity contribution in [1.82, 2.24) is 4.90 Å². The standard InChI is InChI=1S/C27H25FN4O6S2/c28-17-5-1-14(2-6-17)13-32-24-16-4-3-15(11-16)22(24)25(33)23(27(32)34)26-29-20-10-7-18(12-21(20)40(37,38)31-26)30-39(35,36)19-8-9-19/h1-7,10,12,15-16,19,22-24,30H,8-9,11,13H2,(H,29,31). The number of hydrogen-bond donors (Lipinski definition) is 2. The molecule has 7 rings (SSSR count). The van der Waals surface area contributed by atoms with Crippen LogP contribution < -0.4 is 10.0 Å². The van der Waals surface area contributed by atoms with Gasteiger partial charge in [-0.3, -0.25) is 14.3 Å². The molecule has 0 aromatic heterocycles. The lowest BCUT2D eigenvalue weighted by molar-refractivity contribution is -0.151. The van der Waals surface area contributed by atoms with Crippen LogP contribution >= 0.6 is 0 Å². The van der Waals surface area contributed by atoms with E-state index in [0.29, 0.717) is 18.4 Å². The summed E-state index contributed by atoms with van der Waals surface area (Å²) in [5.74, 6) is -3.64. The molecule has 2 heterocycles. The van der Waals surface area contributed by atoms with E-state index in [1.807, 2.05) is 12.2 Å². The summed E-state index contributed by atoms with van der Waals surface area (Å²) in [4.78, 5) is 29.1. The molecule has 10 nitrogen and oxygen atoms in total. The van der Waals surface area contributed by atoms with Crippen molar-refractivity contribution in [2.45, 2.75) is 42.0 Å². The van der Waals surface area contributed by atoms with Gasteiger partial charge in [-0.2, -0.15) is 8.42 Å². The molecule has 0 spiro atoms. The Morgan fingerprint density at radius 3 is 2.50 bits per heavy atom. The van der Waals surface area contributed by atoms with Crippen molar-refractivity contribution in [1.29, 1.82) is 0 Å². The first kappa shape index (κ1) is 25.4. The van der Waals surface area contributed by atoms with E-state index in [1.54, 1.807) is 17.0 Å². The first-order valence-electron chi connectivity index (χ1n) is 13.1. The van der Waals surface area contributed by atoms with E-state index in [-0.39, 0.29) is 52.3 Å². The third-order valence-corrected chi connectivity index (χ3v) is 11.6. The molecule has 5 unspecified atom stereocenters. The van der Waals surface area contributed by atoms with Crippen molar-refractivity contribution in [2.75, 3.05) is 10.0 Å². The fourth-order valence-electron chi connectivity index (χ4n) is 6.44. The molecule has 5 aliphatic rings. The van der Waals surface area contributed by atoms with Gasteiger partial charge in [0.05, 0.1) is 10.9 Å². The second-order valence-electron chi connectivity index (χ2n) is 11.0. The zero-order valence-corrected chi connectivity index (χ0v) is 22.7. The molecule has 1 saturated heterocycles. The molecule has 1 amide bonds. The first-order chi connectivity index (χ1) is 19.0. The van der Waals surface area contributed by atoms with Crippen LogP contribution in [-0.4, -0.2) is 50.6 Å². The zero-order valence-electron chi connectivity index (χ0n) is 21.0. The first-order valence-corrected chi connectivity index (χ1v) is 16.0. The monoisotopic (exact) mass is 584 g/mol. The molecule has 3 aliphatic carbocycles. The number of ketones is 1.